The van der Waals surface area contributed by atoms with Crippen LogP contribution in [0.2, 0.25) is 5.15 Å². The fraction of sp³-hybridized carbons (Fsp3) is 0.625. The number of ether oxygens (including phenoxy) is 1. The molecule has 17 heavy (non-hydrogen) atoms. The van der Waals surface area contributed by atoms with E-state index in [1.807, 2.05) is 0 Å². The van der Waals surface area contributed by atoms with E-state index in [1.165, 1.54) is 18.0 Å². The van der Waals surface area contributed by atoms with Crippen molar-refractivity contribution in [2.75, 3.05) is 20.3 Å². The Morgan fingerprint density at radius 2 is 2.35 bits per heavy atom. The van der Waals surface area contributed by atoms with Gasteiger partial charge in [0.05, 0.1) is 25.6 Å². The lowest BCUT2D eigenvalue weighted by molar-refractivity contribution is 0.139. The van der Waals surface area contributed by atoms with Gasteiger partial charge in [-0.25, -0.2) is 18.1 Å². The van der Waals surface area contributed by atoms with Crippen molar-refractivity contribution in [3.05, 3.63) is 11.5 Å². The predicted octanol–water partition coefficient (Wildman–Crippen LogP) is -0.641. The zero-order valence-electron chi connectivity index (χ0n) is 9.42. The molecular weight excluding hydrogens is 270 g/mol. The Balaban J connectivity index is 2.92. The number of aliphatic hydroxyl groups is 1. The molecule has 1 aromatic heterocycles. The number of hydrogen-bond acceptors (Lipinski definition) is 5. The van der Waals surface area contributed by atoms with Crippen LogP contribution in [0.15, 0.2) is 11.4 Å². The molecule has 98 valence electrons. The van der Waals surface area contributed by atoms with Crippen LogP contribution in [-0.2, 0) is 21.8 Å². The molecule has 1 rings (SSSR count). The van der Waals surface area contributed by atoms with Crippen molar-refractivity contribution >= 4 is 21.6 Å². The summed E-state index contributed by atoms with van der Waals surface area (Å²) in [7, 11) is -0.874. The van der Waals surface area contributed by atoms with E-state index < -0.39 is 16.1 Å². The first kappa shape index (κ1) is 14.4. The molecule has 0 amide bonds. The molecule has 0 saturated carbocycles. The summed E-state index contributed by atoms with van der Waals surface area (Å²) in [4.78, 5) is 3.69. The first-order valence-electron chi connectivity index (χ1n) is 4.71. The van der Waals surface area contributed by atoms with Crippen molar-refractivity contribution in [1.82, 2.24) is 14.3 Å². The summed E-state index contributed by atoms with van der Waals surface area (Å²) >= 11 is 5.78. The quantitative estimate of drug-likeness (QED) is 0.724. The molecule has 0 spiro atoms. The minimum Gasteiger partial charge on any atom is -0.395 e. The number of aryl methyl sites for hydroxylation is 1. The summed E-state index contributed by atoms with van der Waals surface area (Å²) in [6.07, 6.45) is 1.29. The van der Waals surface area contributed by atoms with Crippen LogP contribution >= 0.6 is 11.6 Å². The summed E-state index contributed by atoms with van der Waals surface area (Å²) in [6.45, 7) is -0.322. The average molecular weight is 284 g/mol. The molecule has 0 saturated heterocycles. The number of nitrogens with zero attached hydrogens (tertiary/aromatic N) is 2. The molecule has 0 aliphatic rings. The van der Waals surface area contributed by atoms with Crippen LogP contribution in [0.1, 0.15) is 0 Å². The third-order valence-corrected chi connectivity index (χ3v) is 4.01. The van der Waals surface area contributed by atoms with Crippen LogP contribution in [0.5, 0.6) is 0 Å². The summed E-state index contributed by atoms with van der Waals surface area (Å²) in [6, 6.07) is -0.733. The van der Waals surface area contributed by atoms with Gasteiger partial charge in [0, 0.05) is 14.2 Å². The molecule has 0 aliphatic heterocycles. The number of imidazole rings is 1. The highest BCUT2D eigenvalue weighted by atomic mass is 35.5. The van der Waals surface area contributed by atoms with Crippen LogP contribution in [0.25, 0.3) is 0 Å². The van der Waals surface area contributed by atoms with Crippen molar-refractivity contribution in [1.29, 1.82) is 0 Å². The minimum atomic E-state index is -3.86. The SMILES string of the molecule is COCC(CO)NS(=O)(=O)c1ncn(C)c1Cl. The van der Waals surface area contributed by atoms with Crippen molar-refractivity contribution in [3.8, 4) is 0 Å². The van der Waals surface area contributed by atoms with Gasteiger partial charge in [0.2, 0.25) is 5.03 Å². The Labute approximate surface area is 104 Å². The van der Waals surface area contributed by atoms with Gasteiger partial charge in [-0.3, -0.25) is 0 Å². The van der Waals surface area contributed by atoms with Crippen molar-refractivity contribution < 1.29 is 18.3 Å². The fourth-order valence-electron chi connectivity index (χ4n) is 1.17. The molecule has 2 N–H and O–H groups in total. The number of rotatable bonds is 6. The molecule has 7 nitrogen and oxygen atoms in total. The maximum atomic E-state index is 11.9. The monoisotopic (exact) mass is 283 g/mol. The highest BCUT2D eigenvalue weighted by molar-refractivity contribution is 7.89. The molecule has 0 radical (unpaired) electrons. The maximum Gasteiger partial charge on any atom is 0.261 e. The highest BCUT2D eigenvalue weighted by Gasteiger charge is 2.25. The summed E-state index contributed by atoms with van der Waals surface area (Å²) in [5.41, 5.74) is 0. The molecule has 1 atom stereocenters. The molecule has 1 unspecified atom stereocenters. The summed E-state index contributed by atoms with van der Waals surface area (Å²) < 4.78 is 32.1. The highest BCUT2D eigenvalue weighted by Crippen LogP contribution is 2.18. The third kappa shape index (κ3) is 3.39. The fourth-order valence-corrected chi connectivity index (χ4v) is 2.82. The molecule has 9 heteroatoms. The first-order chi connectivity index (χ1) is 7.92. The normalized spacial score (nSPS) is 13.9. The van der Waals surface area contributed by atoms with Gasteiger partial charge >= 0.3 is 0 Å². The number of sulfonamides is 1. The van der Waals surface area contributed by atoms with Gasteiger partial charge in [0.25, 0.3) is 10.0 Å². The zero-order chi connectivity index (χ0) is 13.1. The largest absolute Gasteiger partial charge is 0.395 e. The standard InChI is InChI=1S/C8H14ClN3O4S/c1-12-5-10-8(7(12)9)17(14,15)11-6(3-13)4-16-2/h5-6,11,13H,3-4H2,1-2H3. The second-order valence-corrected chi connectivity index (χ2v) is 5.39. The Hall–Kier alpha value is -0.670. The van der Waals surface area contributed by atoms with Crippen LogP contribution < -0.4 is 4.72 Å². The third-order valence-electron chi connectivity index (χ3n) is 2.00. The van der Waals surface area contributed by atoms with E-state index >= 15 is 0 Å². The first-order valence-corrected chi connectivity index (χ1v) is 6.57. The molecule has 0 aromatic carbocycles. The van der Waals surface area contributed by atoms with Gasteiger partial charge in [-0.1, -0.05) is 11.6 Å². The van der Waals surface area contributed by atoms with Crippen molar-refractivity contribution in [2.24, 2.45) is 7.05 Å². The van der Waals surface area contributed by atoms with E-state index in [1.54, 1.807) is 7.05 Å². The van der Waals surface area contributed by atoms with E-state index in [0.717, 1.165) is 0 Å². The van der Waals surface area contributed by atoms with Gasteiger partial charge in [-0.05, 0) is 0 Å². The second kappa shape index (κ2) is 5.78. The molecule has 0 aliphatic carbocycles. The van der Waals surface area contributed by atoms with Crippen LogP contribution in [-0.4, -0.2) is 49.4 Å². The van der Waals surface area contributed by atoms with E-state index in [-0.39, 0.29) is 23.4 Å². The minimum absolute atomic E-state index is 0.00612. The molecule has 0 bridgehead atoms. The van der Waals surface area contributed by atoms with Gasteiger partial charge < -0.3 is 14.4 Å². The topological polar surface area (TPSA) is 93.4 Å². The van der Waals surface area contributed by atoms with Gasteiger partial charge in [0.1, 0.15) is 5.15 Å². The number of hydrogen-bond donors (Lipinski definition) is 2. The van der Waals surface area contributed by atoms with Gasteiger partial charge in [-0.15, -0.1) is 0 Å². The van der Waals surface area contributed by atoms with Gasteiger partial charge in [0.15, 0.2) is 0 Å². The van der Waals surface area contributed by atoms with Crippen LogP contribution in [0, 0.1) is 0 Å². The number of halogens is 1. The summed E-state index contributed by atoms with van der Waals surface area (Å²) in [5.74, 6) is 0. The number of nitrogens with one attached hydrogen (secondary N) is 1. The molecule has 0 fully saturated rings. The van der Waals surface area contributed by atoms with Crippen LogP contribution in [0.3, 0.4) is 0 Å². The van der Waals surface area contributed by atoms with Crippen molar-refractivity contribution in [2.45, 2.75) is 11.1 Å². The van der Waals surface area contributed by atoms with Crippen molar-refractivity contribution in [3.63, 3.8) is 0 Å². The van der Waals surface area contributed by atoms with E-state index in [0.29, 0.717) is 0 Å². The summed E-state index contributed by atoms with van der Waals surface area (Å²) in [5, 5.41) is 8.72. The second-order valence-electron chi connectivity index (χ2n) is 3.41. The van der Waals surface area contributed by atoms with E-state index in [2.05, 4.69) is 9.71 Å². The number of methoxy groups -OCH3 is 1. The van der Waals surface area contributed by atoms with E-state index in [9.17, 15) is 8.42 Å². The number of aliphatic hydroxyl groups excluding tert-OH is 1. The Morgan fingerprint density at radius 3 is 2.76 bits per heavy atom. The number of aromatic nitrogens is 2. The molecular formula is C8H14ClN3O4S. The maximum absolute atomic E-state index is 11.9. The lowest BCUT2D eigenvalue weighted by Gasteiger charge is -2.14. The smallest absolute Gasteiger partial charge is 0.261 e. The van der Waals surface area contributed by atoms with Crippen LogP contribution in [0.4, 0.5) is 0 Å². The molecule has 1 aromatic rings. The van der Waals surface area contributed by atoms with E-state index in [4.69, 9.17) is 21.4 Å². The molecule has 1 heterocycles. The van der Waals surface area contributed by atoms with Gasteiger partial charge in [-0.2, -0.15) is 0 Å². The predicted molar refractivity (Wildman–Crippen MR) is 61.3 cm³/mol. The average Bonchev–Trinajstić information content (AvgIpc) is 2.59. The lowest BCUT2D eigenvalue weighted by Crippen LogP contribution is -2.40. The Morgan fingerprint density at radius 1 is 1.71 bits per heavy atom. The Kier molecular flexibility index (Phi) is 4.90. The zero-order valence-corrected chi connectivity index (χ0v) is 11.0. The lowest BCUT2D eigenvalue weighted by atomic mass is 10.4. The Bertz CT molecular complexity index is 473.